The van der Waals surface area contributed by atoms with Gasteiger partial charge in [-0.05, 0) is 19.3 Å². The summed E-state index contributed by atoms with van der Waals surface area (Å²) in [5.41, 5.74) is -0.337. The van der Waals surface area contributed by atoms with Crippen molar-refractivity contribution in [1.29, 1.82) is 0 Å². The van der Waals surface area contributed by atoms with Crippen LogP contribution in [0.4, 0.5) is 0 Å². The number of carbonyl (C=O) groups is 1. The first-order chi connectivity index (χ1) is 8.66. The molecule has 1 aromatic rings. The Kier molecular flexibility index (Phi) is 4.24. The van der Waals surface area contributed by atoms with Crippen molar-refractivity contribution in [1.82, 2.24) is 9.66 Å². The molecule has 7 heteroatoms. The van der Waals surface area contributed by atoms with Crippen molar-refractivity contribution in [2.75, 3.05) is 23.9 Å². The summed E-state index contributed by atoms with van der Waals surface area (Å²) >= 11 is 1.07. The van der Waals surface area contributed by atoms with Crippen LogP contribution < -0.4 is 10.6 Å². The average molecular weight is 269 g/mol. The van der Waals surface area contributed by atoms with Crippen LogP contribution in [-0.2, 0) is 4.79 Å². The van der Waals surface area contributed by atoms with Gasteiger partial charge < -0.3 is 10.1 Å². The van der Waals surface area contributed by atoms with Crippen LogP contribution in [0.5, 0.6) is 0 Å². The fourth-order valence-corrected chi connectivity index (χ4v) is 2.63. The van der Waals surface area contributed by atoms with E-state index >= 15 is 0 Å². The number of carboxylic acid groups (broad SMARTS) is 1. The number of carboxylic acids is 1. The van der Waals surface area contributed by atoms with Gasteiger partial charge >= 0.3 is 5.97 Å². The van der Waals surface area contributed by atoms with Crippen LogP contribution in [0.3, 0.4) is 0 Å². The van der Waals surface area contributed by atoms with Crippen molar-refractivity contribution in [2.45, 2.75) is 24.4 Å². The topological polar surface area (TPSA) is 75.4 Å². The van der Waals surface area contributed by atoms with Gasteiger partial charge in [-0.25, -0.2) is 4.68 Å². The standard InChI is InChI=1S/C11H15N3O3S/c15-9-4-7-14(13-5-2-1-3-6-13)11(12-9)18-8-10(16)17/h4,7H,1-3,5-6,8H2,(H,16,17). The van der Waals surface area contributed by atoms with Crippen molar-refractivity contribution in [3.8, 4) is 0 Å². The van der Waals surface area contributed by atoms with Crippen molar-refractivity contribution >= 4 is 17.7 Å². The second kappa shape index (κ2) is 5.90. The third kappa shape index (κ3) is 3.25. The second-order valence-electron chi connectivity index (χ2n) is 4.09. The summed E-state index contributed by atoms with van der Waals surface area (Å²) in [6, 6.07) is 1.40. The van der Waals surface area contributed by atoms with Gasteiger partial charge in [-0.15, -0.1) is 0 Å². The van der Waals surface area contributed by atoms with E-state index in [4.69, 9.17) is 5.11 Å². The molecule has 0 saturated carbocycles. The Bertz CT molecular complexity index is 483. The molecule has 1 fully saturated rings. The Morgan fingerprint density at radius 3 is 2.78 bits per heavy atom. The second-order valence-corrected chi connectivity index (χ2v) is 5.03. The van der Waals surface area contributed by atoms with Gasteiger partial charge in [0, 0.05) is 25.4 Å². The largest absolute Gasteiger partial charge is 0.481 e. The molecular formula is C11H15N3O3S. The summed E-state index contributed by atoms with van der Waals surface area (Å²) in [7, 11) is 0. The van der Waals surface area contributed by atoms with Gasteiger partial charge in [0.15, 0.2) is 5.16 Å². The minimum atomic E-state index is -0.914. The zero-order valence-corrected chi connectivity index (χ0v) is 10.7. The summed E-state index contributed by atoms with van der Waals surface area (Å²) in [5, 5.41) is 11.2. The number of thioether (sulfide) groups is 1. The van der Waals surface area contributed by atoms with E-state index in [0.717, 1.165) is 37.7 Å². The van der Waals surface area contributed by atoms with E-state index in [1.807, 2.05) is 0 Å². The first-order valence-corrected chi connectivity index (χ1v) is 6.85. The molecule has 0 spiro atoms. The molecule has 0 bridgehead atoms. The summed E-state index contributed by atoms with van der Waals surface area (Å²) in [6.45, 7) is 1.82. The number of nitrogens with zero attached hydrogens (tertiary/aromatic N) is 3. The predicted octanol–water partition coefficient (Wildman–Crippen LogP) is 0.542. The van der Waals surface area contributed by atoms with Crippen LogP contribution in [0, 0.1) is 0 Å². The lowest BCUT2D eigenvalue weighted by Crippen LogP contribution is -2.40. The van der Waals surface area contributed by atoms with E-state index in [-0.39, 0.29) is 11.3 Å². The third-order valence-corrected chi connectivity index (χ3v) is 3.65. The highest BCUT2D eigenvalue weighted by Crippen LogP contribution is 2.16. The van der Waals surface area contributed by atoms with Crippen LogP contribution in [0.25, 0.3) is 0 Å². The molecule has 1 N–H and O–H groups in total. The molecule has 6 nitrogen and oxygen atoms in total. The zero-order chi connectivity index (χ0) is 13.0. The zero-order valence-electron chi connectivity index (χ0n) is 9.91. The summed E-state index contributed by atoms with van der Waals surface area (Å²) in [4.78, 5) is 25.7. The molecule has 2 rings (SSSR count). The van der Waals surface area contributed by atoms with Crippen LogP contribution >= 0.6 is 11.8 Å². The van der Waals surface area contributed by atoms with E-state index < -0.39 is 5.97 Å². The molecule has 2 heterocycles. The van der Waals surface area contributed by atoms with Crippen molar-refractivity contribution in [3.05, 3.63) is 22.6 Å². The number of aliphatic carboxylic acids is 1. The molecular weight excluding hydrogens is 254 g/mol. The van der Waals surface area contributed by atoms with Crippen LogP contribution in [0.1, 0.15) is 19.3 Å². The molecule has 0 amide bonds. The maximum atomic E-state index is 11.3. The molecule has 0 radical (unpaired) electrons. The number of piperidine rings is 1. The van der Waals surface area contributed by atoms with Gasteiger partial charge in [0.2, 0.25) is 0 Å². The predicted molar refractivity (Wildman–Crippen MR) is 68.7 cm³/mol. The lowest BCUT2D eigenvalue weighted by Gasteiger charge is -2.31. The summed E-state index contributed by atoms with van der Waals surface area (Å²) in [5.74, 6) is -1.01. The lowest BCUT2D eigenvalue weighted by molar-refractivity contribution is -0.133. The average Bonchev–Trinajstić information content (AvgIpc) is 2.37. The monoisotopic (exact) mass is 269 g/mol. The quantitative estimate of drug-likeness (QED) is 0.635. The van der Waals surface area contributed by atoms with Gasteiger partial charge in [-0.1, -0.05) is 11.8 Å². The minimum absolute atomic E-state index is 0.0930. The molecule has 18 heavy (non-hydrogen) atoms. The van der Waals surface area contributed by atoms with Crippen molar-refractivity contribution in [3.63, 3.8) is 0 Å². The van der Waals surface area contributed by atoms with Gasteiger partial charge in [0.1, 0.15) is 0 Å². The minimum Gasteiger partial charge on any atom is -0.481 e. The summed E-state index contributed by atoms with van der Waals surface area (Å²) in [6.07, 6.45) is 5.09. The molecule has 0 aliphatic carbocycles. The van der Waals surface area contributed by atoms with Gasteiger partial charge in [0.25, 0.3) is 5.56 Å². The molecule has 0 atom stereocenters. The Labute approximate surface area is 109 Å². The van der Waals surface area contributed by atoms with Crippen LogP contribution in [-0.4, -0.2) is 39.6 Å². The Morgan fingerprint density at radius 2 is 2.11 bits per heavy atom. The van der Waals surface area contributed by atoms with Crippen LogP contribution in [0.15, 0.2) is 22.2 Å². The Balaban J connectivity index is 2.21. The molecule has 0 unspecified atom stereocenters. The highest BCUT2D eigenvalue weighted by atomic mass is 32.2. The van der Waals surface area contributed by atoms with Gasteiger partial charge in [-0.2, -0.15) is 4.98 Å². The maximum absolute atomic E-state index is 11.3. The molecule has 0 aromatic carbocycles. The molecule has 98 valence electrons. The first-order valence-electron chi connectivity index (χ1n) is 5.86. The van der Waals surface area contributed by atoms with Gasteiger partial charge in [0.05, 0.1) is 5.75 Å². The molecule has 1 aliphatic rings. The lowest BCUT2D eigenvalue weighted by atomic mass is 10.2. The first kappa shape index (κ1) is 12.9. The Hall–Kier alpha value is -1.50. The number of rotatable bonds is 4. The molecule has 1 aliphatic heterocycles. The number of aromatic nitrogens is 2. The Morgan fingerprint density at radius 1 is 1.39 bits per heavy atom. The molecule has 1 saturated heterocycles. The number of hydrogen-bond donors (Lipinski definition) is 1. The smallest absolute Gasteiger partial charge is 0.313 e. The molecule has 1 aromatic heterocycles. The number of hydrogen-bond acceptors (Lipinski definition) is 5. The van der Waals surface area contributed by atoms with Crippen LogP contribution in [0.2, 0.25) is 0 Å². The van der Waals surface area contributed by atoms with E-state index in [2.05, 4.69) is 9.99 Å². The highest BCUT2D eigenvalue weighted by molar-refractivity contribution is 7.99. The highest BCUT2D eigenvalue weighted by Gasteiger charge is 2.14. The fourth-order valence-electron chi connectivity index (χ4n) is 1.91. The SMILES string of the molecule is O=C(O)CSc1nc(=O)ccn1N1CCCCC1. The fraction of sp³-hybridized carbons (Fsp3) is 0.545. The summed E-state index contributed by atoms with van der Waals surface area (Å²) < 4.78 is 1.80. The van der Waals surface area contributed by atoms with Crippen molar-refractivity contribution in [2.24, 2.45) is 0 Å². The van der Waals surface area contributed by atoms with E-state index in [1.165, 1.54) is 12.5 Å². The van der Waals surface area contributed by atoms with E-state index in [1.54, 1.807) is 10.9 Å². The maximum Gasteiger partial charge on any atom is 0.313 e. The van der Waals surface area contributed by atoms with Gasteiger partial charge in [-0.3, -0.25) is 9.59 Å². The van der Waals surface area contributed by atoms with E-state index in [9.17, 15) is 9.59 Å². The van der Waals surface area contributed by atoms with Crippen molar-refractivity contribution < 1.29 is 9.90 Å². The third-order valence-electron chi connectivity index (χ3n) is 2.72. The normalized spacial score (nSPS) is 15.7. The van der Waals surface area contributed by atoms with E-state index in [0.29, 0.717) is 5.16 Å².